The second-order valence-electron chi connectivity index (χ2n) is 5.07. The minimum absolute atomic E-state index is 0.464. The van der Waals surface area contributed by atoms with Crippen LogP contribution in [0.4, 0.5) is 0 Å². The van der Waals surface area contributed by atoms with Crippen LogP contribution in [0.5, 0.6) is 5.75 Å². The molecule has 4 rings (SSSR count). The lowest BCUT2D eigenvalue weighted by Gasteiger charge is -2.04. The van der Waals surface area contributed by atoms with Gasteiger partial charge in [0.1, 0.15) is 28.8 Å². The first kappa shape index (κ1) is 14.0. The molecule has 0 fully saturated rings. The van der Waals surface area contributed by atoms with Crippen molar-refractivity contribution in [2.24, 2.45) is 0 Å². The summed E-state index contributed by atoms with van der Waals surface area (Å²) in [5, 5.41) is 4.91. The van der Waals surface area contributed by atoms with Gasteiger partial charge < -0.3 is 9.26 Å². The first-order valence-corrected chi connectivity index (χ1v) is 7.96. The topological polar surface area (TPSA) is 48.2 Å². The highest BCUT2D eigenvalue weighted by Crippen LogP contribution is 2.25. The fourth-order valence-corrected chi connectivity index (χ4v) is 3.18. The molecule has 0 amide bonds. The van der Waals surface area contributed by atoms with E-state index >= 15 is 0 Å². The van der Waals surface area contributed by atoms with Crippen LogP contribution in [0, 0.1) is 6.92 Å². The van der Waals surface area contributed by atoms with E-state index in [0.717, 1.165) is 27.5 Å². The Morgan fingerprint density at radius 1 is 1.09 bits per heavy atom. The van der Waals surface area contributed by atoms with Crippen molar-refractivity contribution >= 4 is 21.6 Å². The highest BCUT2D eigenvalue weighted by molar-refractivity contribution is 7.18. The molecule has 2 heterocycles. The summed E-state index contributed by atoms with van der Waals surface area (Å²) in [5.41, 5.74) is 2.75. The molecule has 0 saturated carbocycles. The molecular weight excluding hydrogens is 308 g/mol. The molecule has 0 spiro atoms. The number of benzene rings is 2. The van der Waals surface area contributed by atoms with E-state index in [1.54, 1.807) is 17.4 Å². The Bertz CT molecular complexity index is 908. The molecule has 4 nitrogen and oxygen atoms in total. The van der Waals surface area contributed by atoms with Crippen LogP contribution in [0.1, 0.15) is 10.8 Å². The zero-order valence-corrected chi connectivity index (χ0v) is 13.0. The second kappa shape index (κ2) is 5.85. The summed E-state index contributed by atoms with van der Waals surface area (Å²) in [6.45, 7) is 4.17. The average Bonchev–Trinajstić information content (AvgIpc) is 3.19. The van der Waals surface area contributed by atoms with Gasteiger partial charge in [0.2, 0.25) is 0 Å². The van der Waals surface area contributed by atoms with Crippen LogP contribution >= 0.6 is 11.3 Å². The summed E-state index contributed by atoms with van der Waals surface area (Å²) in [7, 11) is 0. The summed E-state index contributed by atoms with van der Waals surface area (Å²) >= 11 is 1.65. The van der Waals surface area contributed by atoms with E-state index in [0.29, 0.717) is 12.4 Å². The maximum Gasteiger partial charge on any atom is 0.140 e. The summed E-state index contributed by atoms with van der Waals surface area (Å²) in [6.07, 6.45) is 0. The first-order chi connectivity index (χ1) is 11.3. The molecule has 4 aromatic rings. The van der Waals surface area contributed by atoms with Gasteiger partial charge in [-0.15, -0.1) is 11.3 Å². The zero-order chi connectivity index (χ0) is 15.6. The highest BCUT2D eigenvalue weighted by Gasteiger charge is 2.06. The summed E-state index contributed by atoms with van der Waals surface area (Å²) in [4.78, 5) is 4.56. The van der Waals surface area contributed by atoms with Gasteiger partial charge >= 0.3 is 0 Å². The molecular formula is C18H13N2O2S. The van der Waals surface area contributed by atoms with Crippen molar-refractivity contribution in [2.75, 3.05) is 0 Å². The minimum atomic E-state index is 0.464. The Morgan fingerprint density at radius 3 is 2.65 bits per heavy atom. The minimum Gasteiger partial charge on any atom is -0.486 e. The zero-order valence-electron chi connectivity index (χ0n) is 12.2. The standard InChI is InChI=1S/C18H13N2O2S/c1-12-10-16(20-22-12)13-6-8-14(9-7-13)21-11-18-19-15-4-2-3-5-17(15)23-18/h2-10H,1,11H2. The summed E-state index contributed by atoms with van der Waals surface area (Å²) in [5.74, 6) is 1.35. The Hall–Kier alpha value is -2.66. The first-order valence-electron chi connectivity index (χ1n) is 7.14. The third-order valence-electron chi connectivity index (χ3n) is 3.41. The quantitative estimate of drug-likeness (QED) is 0.546. The van der Waals surface area contributed by atoms with Crippen LogP contribution in [0.3, 0.4) is 0 Å². The molecule has 0 N–H and O–H groups in total. The predicted octanol–water partition coefficient (Wildman–Crippen LogP) is 4.71. The van der Waals surface area contributed by atoms with Crippen molar-refractivity contribution < 1.29 is 9.26 Å². The third kappa shape index (κ3) is 2.96. The lowest BCUT2D eigenvalue weighted by Crippen LogP contribution is -1.94. The number of hydrogen-bond donors (Lipinski definition) is 0. The Kier molecular flexibility index (Phi) is 3.55. The Labute approximate surface area is 137 Å². The molecule has 2 aromatic carbocycles. The van der Waals surface area contributed by atoms with Crippen molar-refractivity contribution in [2.45, 2.75) is 6.61 Å². The van der Waals surface area contributed by atoms with Gasteiger partial charge in [0.25, 0.3) is 0 Å². The number of thiazole rings is 1. The monoisotopic (exact) mass is 321 g/mol. The molecule has 2 aromatic heterocycles. The predicted molar refractivity (Wildman–Crippen MR) is 90.4 cm³/mol. The van der Waals surface area contributed by atoms with Crippen LogP contribution in [0.2, 0.25) is 0 Å². The average molecular weight is 321 g/mol. The van der Waals surface area contributed by atoms with Crippen molar-refractivity contribution in [3.8, 4) is 17.0 Å². The van der Waals surface area contributed by atoms with E-state index in [1.165, 1.54) is 4.70 Å². The van der Waals surface area contributed by atoms with Gasteiger partial charge in [0.15, 0.2) is 0 Å². The van der Waals surface area contributed by atoms with Crippen molar-refractivity contribution in [3.63, 3.8) is 0 Å². The molecule has 0 bridgehead atoms. The largest absolute Gasteiger partial charge is 0.486 e. The smallest absolute Gasteiger partial charge is 0.140 e. The normalized spacial score (nSPS) is 11.0. The molecule has 0 saturated heterocycles. The summed E-state index contributed by atoms with van der Waals surface area (Å²) < 4.78 is 12.0. The fraction of sp³-hybridized carbons (Fsp3) is 0.0556. The Balaban J connectivity index is 1.46. The number of hydrogen-bond acceptors (Lipinski definition) is 5. The van der Waals surface area contributed by atoms with Crippen LogP contribution in [0.25, 0.3) is 21.5 Å². The number of aromatic nitrogens is 2. The number of rotatable bonds is 4. The van der Waals surface area contributed by atoms with Gasteiger partial charge in [-0.05, 0) is 36.4 Å². The van der Waals surface area contributed by atoms with Gasteiger partial charge in [-0.2, -0.15) is 0 Å². The molecule has 5 heteroatoms. The molecule has 0 aliphatic carbocycles. The Morgan fingerprint density at radius 2 is 1.91 bits per heavy atom. The summed E-state index contributed by atoms with van der Waals surface area (Å²) in [6, 6.07) is 17.6. The molecule has 113 valence electrons. The number of ether oxygens (including phenoxy) is 1. The van der Waals surface area contributed by atoms with Crippen LogP contribution < -0.4 is 4.74 Å². The molecule has 23 heavy (non-hydrogen) atoms. The maximum absolute atomic E-state index is 5.81. The highest BCUT2D eigenvalue weighted by atomic mass is 32.1. The molecule has 0 atom stereocenters. The lowest BCUT2D eigenvalue weighted by molar-refractivity contribution is 0.306. The van der Waals surface area contributed by atoms with Crippen molar-refractivity contribution in [3.05, 3.63) is 72.3 Å². The molecule has 0 aliphatic heterocycles. The molecule has 0 unspecified atom stereocenters. The van der Waals surface area contributed by atoms with E-state index in [1.807, 2.05) is 42.5 Å². The van der Waals surface area contributed by atoms with Crippen LogP contribution in [0.15, 0.2) is 59.1 Å². The van der Waals surface area contributed by atoms with E-state index in [4.69, 9.17) is 9.26 Å². The van der Waals surface area contributed by atoms with Crippen molar-refractivity contribution in [1.82, 2.24) is 10.1 Å². The molecule has 0 aliphatic rings. The number of para-hydroxylation sites is 1. The van der Waals surface area contributed by atoms with Crippen LogP contribution in [-0.4, -0.2) is 10.1 Å². The van der Waals surface area contributed by atoms with Gasteiger partial charge in [0.05, 0.1) is 10.2 Å². The van der Waals surface area contributed by atoms with Crippen LogP contribution in [-0.2, 0) is 6.61 Å². The lowest BCUT2D eigenvalue weighted by atomic mass is 10.1. The molecule has 1 radical (unpaired) electrons. The van der Waals surface area contributed by atoms with E-state index in [-0.39, 0.29) is 0 Å². The van der Waals surface area contributed by atoms with E-state index in [9.17, 15) is 0 Å². The van der Waals surface area contributed by atoms with Gasteiger partial charge in [-0.25, -0.2) is 4.98 Å². The van der Waals surface area contributed by atoms with E-state index in [2.05, 4.69) is 23.1 Å². The maximum atomic E-state index is 5.81. The number of fused-ring (bicyclic) bond motifs is 1. The SMILES string of the molecule is [CH2]c1cc(-c2ccc(OCc3nc4ccccc4s3)cc2)no1. The second-order valence-corrected chi connectivity index (χ2v) is 6.18. The van der Waals surface area contributed by atoms with Gasteiger partial charge in [-0.1, -0.05) is 17.3 Å². The van der Waals surface area contributed by atoms with Crippen molar-refractivity contribution in [1.29, 1.82) is 0 Å². The van der Waals surface area contributed by atoms with E-state index < -0.39 is 0 Å². The fourth-order valence-electron chi connectivity index (χ4n) is 2.30. The third-order valence-corrected chi connectivity index (χ3v) is 4.42. The van der Waals surface area contributed by atoms with Gasteiger partial charge in [0, 0.05) is 18.6 Å². The van der Waals surface area contributed by atoms with Gasteiger partial charge in [-0.3, -0.25) is 0 Å². The number of nitrogens with zero attached hydrogens (tertiary/aromatic N) is 2.